The van der Waals surface area contributed by atoms with Crippen molar-refractivity contribution in [3.8, 4) is 0 Å². The predicted molar refractivity (Wildman–Crippen MR) is 71.0 cm³/mol. The maximum Gasteiger partial charge on any atom is 0.109 e. The number of anilines is 1. The number of nitrogens with zero attached hydrogens (tertiary/aromatic N) is 2. The molecule has 1 aliphatic heterocycles. The van der Waals surface area contributed by atoms with Gasteiger partial charge in [0, 0.05) is 19.6 Å². The van der Waals surface area contributed by atoms with E-state index in [0.29, 0.717) is 0 Å². The van der Waals surface area contributed by atoms with Gasteiger partial charge in [-0.15, -0.1) is 0 Å². The Morgan fingerprint density at radius 2 is 2.31 bits per heavy atom. The average molecular weight is 284 g/mol. The summed E-state index contributed by atoms with van der Waals surface area (Å²) in [4.78, 5) is 6.83. The zero-order valence-electron chi connectivity index (χ0n) is 9.67. The first-order valence-corrected chi connectivity index (χ1v) is 6.70. The van der Waals surface area contributed by atoms with Crippen LogP contribution in [0.25, 0.3) is 0 Å². The van der Waals surface area contributed by atoms with E-state index in [1.165, 1.54) is 17.7 Å². The minimum atomic E-state index is 0.978. The van der Waals surface area contributed by atoms with Gasteiger partial charge in [0.1, 0.15) is 4.60 Å². The highest BCUT2D eigenvalue weighted by atomic mass is 79.9. The molecule has 1 aliphatic rings. The van der Waals surface area contributed by atoms with Gasteiger partial charge in [0.05, 0.1) is 11.9 Å². The van der Waals surface area contributed by atoms with Gasteiger partial charge in [0.25, 0.3) is 0 Å². The number of nitrogens with one attached hydrogen (secondary N) is 1. The van der Waals surface area contributed by atoms with Gasteiger partial charge in [-0.2, -0.15) is 0 Å². The van der Waals surface area contributed by atoms with Crippen molar-refractivity contribution in [2.75, 3.05) is 31.1 Å². The van der Waals surface area contributed by atoms with Crippen molar-refractivity contribution in [3.05, 3.63) is 22.4 Å². The molecule has 1 saturated heterocycles. The Balaban J connectivity index is 2.18. The van der Waals surface area contributed by atoms with Crippen molar-refractivity contribution in [2.45, 2.75) is 19.8 Å². The molecule has 0 atom stereocenters. The van der Waals surface area contributed by atoms with Crippen molar-refractivity contribution >= 4 is 21.6 Å². The molecule has 0 unspecified atom stereocenters. The molecule has 88 valence electrons. The minimum Gasteiger partial charge on any atom is -0.369 e. The second kappa shape index (κ2) is 5.64. The molecule has 2 heterocycles. The molecule has 1 aromatic rings. The second-order valence-electron chi connectivity index (χ2n) is 4.09. The van der Waals surface area contributed by atoms with E-state index in [4.69, 9.17) is 0 Å². The van der Waals surface area contributed by atoms with E-state index in [1.807, 2.05) is 6.20 Å². The molecule has 16 heavy (non-hydrogen) atoms. The van der Waals surface area contributed by atoms with Gasteiger partial charge in [-0.1, -0.05) is 6.92 Å². The monoisotopic (exact) mass is 283 g/mol. The fraction of sp³-hybridized carbons (Fsp3) is 0.583. The molecule has 1 aromatic heterocycles. The standard InChI is InChI=1S/C12H18BrN3/c1-2-10-8-11(9-15-12(10)13)16-6-3-4-14-5-7-16/h8-9,14H,2-7H2,1H3. The Hall–Kier alpha value is -0.610. The topological polar surface area (TPSA) is 28.2 Å². The minimum absolute atomic E-state index is 0.978. The van der Waals surface area contributed by atoms with Gasteiger partial charge >= 0.3 is 0 Å². The molecule has 4 heteroatoms. The normalized spacial score (nSPS) is 17.2. The van der Waals surface area contributed by atoms with E-state index in [-0.39, 0.29) is 0 Å². The first-order valence-electron chi connectivity index (χ1n) is 5.91. The lowest BCUT2D eigenvalue weighted by Crippen LogP contribution is -2.28. The molecule has 0 spiro atoms. The third kappa shape index (κ3) is 2.74. The van der Waals surface area contributed by atoms with Crippen LogP contribution in [-0.4, -0.2) is 31.2 Å². The summed E-state index contributed by atoms with van der Waals surface area (Å²) in [5.41, 5.74) is 2.54. The van der Waals surface area contributed by atoms with Gasteiger partial charge in [-0.3, -0.25) is 0 Å². The van der Waals surface area contributed by atoms with Crippen LogP contribution in [0.3, 0.4) is 0 Å². The molecule has 0 aliphatic carbocycles. The van der Waals surface area contributed by atoms with Crippen LogP contribution < -0.4 is 10.2 Å². The van der Waals surface area contributed by atoms with Gasteiger partial charge in [0.2, 0.25) is 0 Å². The van der Waals surface area contributed by atoms with Crippen LogP contribution in [-0.2, 0) is 6.42 Å². The summed E-state index contributed by atoms with van der Waals surface area (Å²) < 4.78 is 0.978. The van der Waals surface area contributed by atoms with Crippen molar-refractivity contribution in [1.29, 1.82) is 0 Å². The first-order chi connectivity index (χ1) is 7.81. The smallest absolute Gasteiger partial charge is 0.109 e. The zero-order chi connectivity index (χ0) is 11.4. The molecule has 1 N–H and O–H groups in total. The highest BCUT2D eigenvalue weighted by molar-refractivity contribution is 9.10. The van der Waals surface area contributed by atoms with Crippen molar-refractivity contribution in [1.82, 2.24) is 10.3 Å². The van der Waals surface area contributed by atoms with Gasteiger partial charge in [-0.05, 0) is 46.9 Å². The Morgan fingerprint density at radius 3 is 3.12 bits per heavy atom. The number of pyridine rings is 1. The molecule has 0 amide bonds. The van der Waals surface area contributed by atoms with Crippen molar-refractivity contribution < 1.29 is 0 Å². The number of halogens is 1. The summed E-state index contributed by atoms with van der Waals surface area (Å²) in [5, 5.41) is 3.42. The summed E-state index contributed by atoms with van der Waals surface area (Å²) in [7, 11) is 0. The first kappa shape index (κ1) is 11.9. The van der Waals surface area contributed by atoms with E-state index < -0.39 is 0 Å². The van der Waals surface area contributed by atoms with Crippen LogP contribution in [0.15, 0.2) is 16.9 Å². The molecule has 0 aromatic carbocycles. The summed E-state index contributed by atoms with van der Waals surface area (Å²) in [6.07, 6.45) is 4.19. The second-order valence-corrected chi connectivity index (χ2v) is 4.84. The van der Waals surface area contributed by atoms with Crippen LogP contribution in [0.1, 0.15) is 18.9 Å². The zero-order valence-corrected chi connectivity index (χ0v) is 11.3. The molecule has 0 saturated carbocycles. The Labute approximate surface area is 105 Å². The summed E-state index contributed by atoms with van der Waals surface area (Å²) in [6, 6.07) is 2.25. The molecule has 0 bridgehead atoms. The fourth-order valence-corrected chi connectivity index (χ4v) is 2.50. The Kier molecular flexibility index (Phi) is 4.18. The molecule has 2 rings (SSSR count). The van der Waals surface area contributed by atoms with Gasteiger partial charge < -0.3 is 10.2 Å². The van der Waals surface area contributed by atoms with Crippen LogP contribution in [0, 0.1) is 0 Å². The van der Waals surface area contributed by atoms with Crippen molar-refractivity contribution in [3.63, 3.8) is 0 Å². The lowest BCUT2D eigenvalue weighted by molar-refractivity contribution is 0.724. The number of aromatic nitrogens is 1. The highest BCUT2D eigenvalue weighted by Crippen LogP contribution is 2.21. The molecular weight excluding hydrogens is 266 g/mol. The molecule has 3 nitrogen and oxygen atoms in total. The molecular formula is C12H18BrN3. The number of hydrogen-bond acceptors (Lipinski definition) is 3. The number of aryl methyl sites for hydroxylation is 1. The molecule has 0 radical (unpaired) electrons. The van der Waals surface area contributed by atoms with Crippen LogP contribution >= 0.6 is 15.9 Å². The van der Waals surface area contributed by atoms with E-state index in [0.717, 1.165) is 37.2 Å². The highest BCUT2D eigenvalue weighted by Gasteiger charge is 2.11. The van der Waals surface area contributed by atoms with Crippen molar-refractivity contribution in [2.24, 2.45) is 0 Å². The SMILES string of the molecule is CCc1cc(N2CCCNCC2)cnc1Br. The lowest BCUT2D eigenvalue weighted by atomic mass is 10.2. The summed E-state index contributed by atoms with van der Waals surface area (Å²) in [5.74, 6) is 0. The van der Waals surface area contributed by atoms with Gasteiger partial charge in [-0.25, -0.2) is 4.98 Å². The van der Waals surface area contributed by atoms with Crippen LogP contribution in [0.4, 0.5) is 5.69 Å². The predicted octanol–water partition coefficient (Wildman–Crippen LogP) is 2.21. The summed E-state index contributed by atoms with van der Waals surface area (Å²) >= 11 is 3.49. The van der Waals surface area contributed by atoms with E-state index >= 15 is 0 Å². The number of hydrogen-bond donors (Lipinski definition) is 1. The van der Waals surface area contributed by atoms with Crippen LogP contribution in [0.5, 0.6) is 0 Å². The lowest BCUT2D eigenvalue weighted by Gasteiger charge is -2.22. The Bertz CT molecular complexity index is 346. The molecule has 1 fully saturated rings. The van der Waals surface area contributed by atoms with Gasteiger partial charge in [0.15, 0.2) is 0 Å². The van der Waals surface area contributed by atoms with E-state index in [9.17, 15) is 0 Å². The summed E-state index contributed by atoms with van der Waals surface area (Å²) in [6.45, 7) is 6.56. The van der Waals surface area contributed by atoms with Crippen LogP contribution in [0.2, 0.25) is 0 Å². The fourth-order valence-electron chi connectivity index (χ4n) is 2.01. The largest absolute Gasteiger partial charge is 0.369 e. The third-order valence-corrected chi connectivity index (χ3v) is 3.70. The Morgan fingerprint density at radius 1 is 1.44 bits per heavy atom. The average Bonchev–Trinajstić information content (AvgIpc) is 2.58. The maximum atomic E-state index is 4.41. The van der Waals surface area contributed by atoms with E-state index in [2.05, 4.69) is 44.1 Å². The van der Waals surface area contributed by atoms with E-state index in [1.54, 1.807) is 0 Å². The number of rotatable bonds is 2. The quantitative estimate of drug-likeness (QED) is 0.844. The third-order valence-electron chi connectivity index (χ3n) is 2.98. The maximum absolute atomic E-state index is 4.41.